The Labute approximate surface area is 172 Å². The van der Waals surface area contributed by atoms with Crippen molar-refractivity contribution in [2.24, 2.45) is 0 Å². The summed E-state index contributed by atoms with van der Waals surface area (Å²) in [6, 6.07) is 4.20. The van der Waals surface area contributed by atoms with E-state index in [9.17, 15) is 0 Å². The van der Waals surface area contributed by atoms with Crippen LogP contribution < -0.4 is 10.2 Å². The average Bonchev–Trinajstić information content (AvgIpc) is 2.99. The summed E-state index contributed by atoms with van der Waals surface area (Å²) in [6.45, 7) is 7.14. The lowest BCUT2D eigenvalue weighted by Gasteiger charge is -2.24. The molecule has 0 atom stereocenters. The molecule has 1 N–H and O–H groups in total. The van der Waals surface area contributed by atoms with Crippen LogP contribution in [0.1, 0.15) is 38.1 Å². The maximum absolute atomic E-state index is 6.49. The molecule has 1 aromatic heterocycles. The van der Waals surface area contributed by atoms with Crippen molar-refractivity contribution in [3.63, 3.8) is 0 Å². The lowest BCUT2D eigenvalue weighted by atomic mass is 10.1. The monoisotopic (exact) mass is 490 g/mol. The standard InChI is InChI=1S/C18H21Cl2IN4/c1-4-13(5-2)24-17-15(21)18(23-10(3)22-17)25-7-6-11-8-12(19)9-14(20)16(11)25/h8-9,13H,4-7H2,1-3H3,(H,22,23,24). The van der Waals surface area contributed by atoms with E-state index in [2.05, 4.69) is 51.6 Å². The highest BCUT2D eigenvalue weighted by molar-refractivity contribution is 14.1. The molecule has 0 fully saturated rings. The summed E-state index contributed by atoms with van der Waals surface area (Å²) in [7, 11) is 0. The van der Waals surface area contributed by atoms with Crippen molar-refractivity contribution in [1.29, 1.82) is 0 Å². The number of nitrogens with zero attached hydrogens (tertiary/aromatic N) is 3. The largest absolute Gasteiger partial charge is 0.366 e. The molecular formula is C18H21Cl2IN4. The molecule has 0 unspecified atom stereocenters. The van der Waals surface area contributed by atoms with E-state index >= 15 is 0 Å². The van der Waals surface area contributed by atoms with Gasteiger partial charge in [-0.3, -0.25) is 0 Å². The Morgan fingerprint density at radius 1 is 1.24 bits per heavy atom. The van der Waals surface area contributed by atoms with Gasteiger partial charge < -0.3 is 10.2 Å². The average molecular weight is 491 g/mol. The van der Waals surface area contributed by atoms with Gasteiger partial charge in [0.05, 0.1) is 14.3 Å². The first-order chi connectivity index (χ1) is 11.9. The van der Waals surface area contributed by atoms with Crippen molar-refractivity contribution in [3.8, 4) is 0 Å². The van der Waals surface area contributed by atoms with E-state index in [1.807, 2.05) is 13.0 Å². The molecule has 0 amide bonds. The fourth-order valence-corrected chi connectivity index (χ4v) is 4.50. The van der Waals surface area contributed by atoms with Crippen LogP contribution in [0.25, 0.3) is 0 Å². The van der Waals surface area contributed by atoms with Crippen molar-refractivity contribution in [2.75, 3.05) is 16.8 Å². The third-order valence-electron chi connectivity index (χ3n) is 4.51. The van der Waals surface area contributed by atoms with Crippen molar-refractivity contribution in [2.45, 2.75) is 46.1 Å². The molecule has 3 rings (SSSR count). The van der Waals surface area contributed by atoms with E-state index in [1.54, 1.807) is 6.07 Å². The van der Waals surface area contributed by atoms with Crippen LogP contribution in [0, 0.1) is 10.5 Å². The number of anilines is 3. The smallest absolute Gasteiger partial charge is 0.152 e. The minimum atomic E-state index is 0.406. The van der Waals surface area contributed by atoms with Crippen LogP contribution in [0.3, 0.4) is 0 Å². The Kier molecular flexibility index (Phi) is 5.96. The first kappa shape index (κ1) is 19.0. The molecule has 2 aromatic rings. The summed E-state index contributed by atoms with van der Waals surface area (Å²) in [4.78, 5) is 11.5. The fraction of sp³-hybridized carbons (Fsp3) is 0.444. The zero-order chi connectivity index (χ0) is 18.1. The molecule has 0 radical (unpaired) electrons. The number of nitrogens with one attached hydrogen (secondary N) is 1. The molecular weight excluding hydrogens is 470 g/mol. The lowest BCUT2D eigenvalue weighted by Crippen LogP contribution is -2.22. The predicted molar refractivity (Wildman–Crippen MR) is 115 cm³/mol. The quantitative estimate of drug-likeness (QED) is 0.522. The molecule has 134 valence electrons. The Balaban J connectivity index is 2.04. The van der Waals surface area contributed by atoms with Gasteiger partial charge in [0.15, 0.2) is 5.82 Å². The number of fused-ring (bicyclic) bond motifs is 1. The van der Waals surface area contributed by atoms with Crippen LogP contribution in [0.2, 0.25) is 10.0 Å². The maximum atomic E-state index is 6.49. The number of hydrogen-bond donors (Lipinski definition) is 1. The van der Waals surface area contributed by atoms with E-state index in [0.29, 0.717) is 16.1 Å². The number of hydrogen-bond acceptors (Lipinski definition) is 4. The lowest BCUT2D eigenvalue weighted by molar-refractivity contribution is 0.667. The molecule has 0 saturated carbocycles. The Hall–Kier alpha value is -0.790. The first-order valence-corrected chi connectivity index (χ1v) is 10.3. The van der Waals surface area contributed by atoms with Gasteiger partial charge in [-0.15, -0.1) is 0 Å². The number of benzene rings is 1. The van der Waals surface area contributed by atoms with Crippen molar-refractivity contribution >= 4 is 63.1 Å². The molecule has 0 spiro atoms. The number of aryl methyl sites for hydroxylation is 1. The second-order valence-electron chi connectivity index (χ2n) is 6.21. The van der Waals surface area contributed by atoms with Gasteiger partial charge in [0, 0.05) is 17.6 Å². The van der Waals surface area contributed by atoms with Gasteiger partial charge in [-0.1, -0.05) is 37.0 Å². The summed E-state index contributed by atoms with van der Waals surface area (Å²) < 4.78 is 1.02. The molecule has 25 heavy (non-hydrogen) atoms. The third kappa shape index (κ3) is 3.83. The molecule has 7 heteroatoms. The molecule has 1 aliphatic heterocycles. The highest BCUT2D eigenvalue weighted by Gasteiger charge is 2.28. The van der Waals surface area contributed by atoms with E-state index in [-0.39, 0.29) is 0 Å². The fourth-order valence-electron chi connectivity index (χ4n) is 3.17. The summed E-state index contributed by atoms with van der Waals surface area (Å²) in [6.07, 6.45) is 3.02. The molecule has 1 aliphatic rings. The van der Waals surface area contributed by atoms with Gasteiger partial charge in [0.2, 0.25) is 0 Å². The van der Waals surface area contributed by atoms with Crippen LogP contribution in [-0.4, -0.2) is 22.6 Å². The first-order valence-electron chi connectivity index (χ1n) is 8.50. The zero-order valence-corrected chi connectivity index (χ0v) is 18.2. The van der Waals surface area contributed by atoms with E-state index in [1.165, 1.54) is 5.56 Å². The number of halogens is 3. The molecule has 2 heterocycles. The highest BCUT2D eigenvalue weighted by Crippen LogP contribution is 2.43. The number of aromatic nitrogens is 2. The molecule has 4 nitrogen and oxygen atoms in total. The maximum Gasteiger partial charge on any atom is 0.152 e. The SMILES string of the molecule is CCC(CC)Nc1nc(C)nc(N2CCc3cc(Cl)cc(Cl)c32)c1I. The molecule has 1 aromatic carbocycles. The van der Waals surface area contributed by atoms with Gasteiger partial charge in [-0.05, 0) is 66.5 Å². The van der Waals surface area contributed by atoms with Crippen molar-refractivity contribution in [1.82, 2.24) is 9.97 Å². The normalized spacial score (nSPS) is 13.5. The third-order valence-corrected chi connectivity index (χ3v) is 6.01. The Morgan fingerprint density at radius 2 is 1.96 bits per heavy atom. The minimum absolute atomic E-state index is 0.406. The van der Waals surface area contributed by atoms with E-state index < -0.39 is 0 Å². The second-order valence-corrected chi connectivity index (χ2v) is 8.13. The van der Waals surface area contributed by atoms with Gasteiger partial charge in [0.25, 0.3) is 0 Å². The van der Waals surface area contributed by atoms with Gasteiger partial charge in [-0.25, -0.2) is 9.97 Å². The van der Waals surface area contributed by atoms with Crippen LogP contribution >= 0.6 is 45.8 Å². The molecule has 0 saturated heterocycles. The van der Waals surface area contributed by atoms with Crippen LogP contribution in [0.5, 0.6) is 0 Å². The van der Waals surface area contributed by atoms with Crippen LogP contribution in [0.15, 0.2) is 12.1 Å². The van der Waals surface area contributed by atoms with E-state index in [0.717, 1.165) is 52.5 Å². The second kappa shape index (κ2) is 7.84. The van der Waals surface area contributed by atoms with Crippen molar-refractivity contribution in [3.05, 3.63) is 37.1 Å². The zero-order valence-electron chi connectivity index (χ0n) is 14.5. The summed E-state index contributed by atoms with van der Waals surface area (Å²) in [5.74, 6) is 2.56. The molecule has 0 aliphatic carbocycles. The minimum Gasteiger partial charge on any atom is -0.366 e. The predicted octanol–water partition coefficient (Wildman–Crippen LogP) is 5.99. The van der Waals surface area contributed by atoms with Crippen LogP contribution in [0.4, 0.5) is 17.3 Å². The summed E-state index contributed by atoms with van der Waals surface area (Å²) in [5.41, 5.74) is 2.18. The highest BCUT2D eigenvalue weighted by atomic mass is 127. The summed E-state index contributed by atoms with van der Waals surface area (Å²) in [5, 5.41) is 4.90. The van der Waals surface area contributed by atoms with Crippen LogP contribution in [-0.2, 0) is 6.42 Å². The Morgan fingerprint density at radius 3 is 2.64 bits per heavy atom. The van der Waals surface area contributed by atoms with Gasteiger partial charge in [-0.2, -0.15) is 0 Å². The topological polar surface area (TPSA) is 41.1 Å². The Bertz CT molecular complexity index is 793. The van der Waals surface area contributed by atoms with E-state index in [4.69, 9.17) is 28.2 Å². The van der Waals surface area contributed by atoms with Crippen molar-refractivity contribution < 1.29 is 0 Å². The van der Waals surface area contributed by atoms with Gasteiger partial charge in [0.1, 0.15) is 11.6 Å². The van der Waals surface area contributed by atoms with Gasteiger partial charge >= 0.3 is 0 Å². The molecule has 0 bridgehead atoms. The number of rotatable bonds is 5. The summed E-state index contributed by atoms with van der Waals surface area (Å²) >= 11 is 15.0.